The summed E-state index contributed by atoms with van der Waals surface area (Å²) in [7, 11) is 0. The van der Waals surface area contributed by atoms with E-state index in [4.69, 9.17) is 0 Å². The molecule has 2 heterocycles. The Morgan fingerprint density at radius 1 is 1.00 bits per heavy atom. The summed E-state index contributed by atoms with van der Waals surface area (Å²) in [6.45, 7) is 2.90. The van der Waals surface area contributed by atoms with Gasteiger partial charge >= 0.3 is 6.03 Å². The van der Waals surface area contributed by atoms with E-state index in [9.17, 15) is 4.79 Å². The van der Waals surface area contributed by atoms with Crippen LogP contribution in [0.25, 0.3) is 0 Å². The number of aromatic nitrogens is 2. The minimum absolute atomic E-state index is 0.0365. The van der Waals surface area contributed by atoms with Crippen molar-refractivity contribution in [3.05, 3.63) is 54.4 Å². The Kier molecular flexibility index (Phi) is 4.50. The summed E-state index contributed by atoms with van der Waals surface area (Å²) in [5.41, 5.74) is 1.20. The van der Waals surface area contributed by atoms with Crippen LogP contribution in [0.15, 0.2) is 48.8 Å². The van der Waals surface area contributed by atoms with E-state index in [0.717, 1.165) is 19.0 Å². The second-order valence-electron chi connectivity index (χ2n) is 6.70. The molecule has 1 aromatic heterocycles. The number of benzene rings is 1. The average molecular weight is 337 g/mol. The molecule has 130 valence electrons. The van der Waals surface area contributed by atoms with Crippen LogP contribution in [0.4, 0.5) is 10.7 Å². The van der Waals surface area contributed by atoms with E-state index in [0.29, 0.717) is 19.0 Å². The van der Waals surface area contributed by atoms with Crippen LogP contribution >= 0.6 is 0 Å². The lowest BCUT2D eigenvalue weighted by Gasteiger charge is -2.35. The lowest BCUT2D eigenvalue weighted by atomic mass is 10.0. The number of nitrogens with one attached hydrogen (secondary N) is 1. The Morgan fingerprint density at radius 3 is 2.32 bits per heavy atom. The van der Waals surface area contributed by atoms with Gasteiger partial charge in [-0.25, -0.2) is 14.8 Å². The highest BCUT2D eigenvalue weighted by Gasteiger charge is 2.34. The summed E-state index contributed by atoms with van der Waals surface area (Å²) in [5.74, 6) is 1.31. The van der Waals surface area contributed by atoms with Crippen LogP contribution in [0.2, 0.25) is 0 Å². The molecule has 1 N–H and O–H groups in total. The van der Waals surface area contributed by atoms with Gasteiger partial charge in [0.2, 0.25) is 5.95 Å². The zero-order valence-corrected chi connectivity index (χ0v) is 14.2. The molecule has 1 aliphatic heterocycles. The first-order valence-corrected chi connectivity index (χ1v) is 8.93. The van der Waals surface area contributed by atoms with Gasteiger partial charge in [0, 0.05) is 38.6 Å². The van der Waals surface area contributed by atoms with Gasteiger partial charge in [-0.1, -0.05) is 30.3 Å². The van der Waals surface area contributed by atoms with Gasteiger partial charge in [0.1, 0.15) is 0 Å². The minimum atomic E-state index is 0.0365. The Morgan fingerprint density at radius 2 is 1.68 bits per heavy atom. The molecular formula is C19H23N5O. The molecule has 6 nitrogen and oxygen atoms in total. The predicted octanol–water partition coefficient (Wildman–Crippen LogP) is 2.46. The Bertz CT molecular complexity index is 696. The molecule has 0 bridgehead atoms. The van der Waals surface area contributed by atoms with Crippen molar-refractivity contribution in [2.75, 3.05) is 31.1 Å². The fourth-order valence-corrected chi connectivity index (χ4v) is 3.35. The minimum Gasteiger partial charge on any atom is -0.337 e. The monoisotopic (exact) mass is 337 g/mol. The molecule has 0 spiro atoms. The van der Waals surface area contributed by atoms with Gasteiger partial charge in [0.05, 0.1) is 6.04 Å². The largest absolute Gasteiger partial charge is 0.337 e. The highest BCUT2D eigenvalue weighted by molar-refractivity contribution is 5.75. The number of carbonyl (C=O) groups excluding carboxylic acids is 1. The van der Waals surface area contributed by atoms with E-state index in [1.54, 1.807) is 12.4 Å². The van der Waals surface area contributed by atoms with E-state index in [1.165, 1.54) is 18.4 Å². The van der Waals surface area contributed by atoms with Crippen LogP contribution < -0.4 is 10.2 Å². The molecule has 6 heteroatoms. The molecular weight excluding hydrogens is 314 g/mol. The Labute approximate surface area is 147 Å². The summed E-state index contributed by atoms with van der Waals surface area (Å²) in [5, 5.41) is 3.26. The van der Waals surface area contributed by atoms with Gasteiger partial charge in [-0.15, -0.1) is 0 Å². The van der Waals surface area contributed by atoms with E-state index in [1.807, 2.05) is 29.2 Å². The van der Waals surface area contributed by atoms with Crippen molar-refractivity contribution >= 4 is 12.0 Å². The van der Waals surface area contributed by atoms with Crippen LogP contribution in [-0.2, 0) is 0 Å². The topological polar surface area (TPSA) is 61.4 Å². The maximum absolute atomic E-state index is 12.7. The molecule has 2 aliphatic rings. The van der Waals surface area contributed by atoms with Crippen LogP contribution in [0.1, 0.15) is 24.4 Å². The SMILES string of the molecule is O=C(N[C@H](c1ccccc1)C1CC1)N1CCN(c2ncccn2)CC1. The first kappa shape index (κ1) is 15.9. The maximum atomic E-state index is 12.7. The predicted molar refractivity (Wildman–Crippen MR) is 96.3 cm³/mol. The van der Waals surface area contributed by atoms with E-state index >= 15 is 0 Å². The molecule has 1 atom stereocenters. The lowest BCUT2D eigenvalue weighted by molar-refractivity contribution is 0.188. The van der Waals surface area contributed by atoms with Gasteiger partial charge in [0.25, 0.3) is 0 Å². The number of nitrogens with zero attached hydrogens (tertiary/aromatic N) is 4. The average Bonchev–Trinajstić information content (AvgIpc) is 3.52. The second-order valence-corrected chi connectivity index (χ2v) is 6.70. The first-order chi connectivity index (χ1) is 12.3. The molecule has 0 radical (unpaired) electrons. The molecule has 2 amide bonds. The number of urea groups is 1. The van der Waals surface area contributed by atoms with E-state index in [-0.39, 0.29) is 12.1 Å². The van der Waals surface area contributed by atoms with Crippen LogP contribution in [0, 0.1) is 5.92 Å². The van der Waals surface area contributed by atoms with Crippen LogP contribution in [0.3, 0.4) is 0 Å². The zero-order valence-electron chi connectivity index (χ0n) is 14.2. The van der Waals surface area contributed by atoms with Crippen LogP contribution in [-0.4, -0.2) is 47.1 Å². The molecule has 1 aliphatic carbocycles. The fourth-order valence-electron chi connectivity index (χ4n) is 3.35. The van der Waals surface area contributed by atoms with Crippen molar-refractivity contribution in [1.82, 2.24) is 20.2 Å². The number of anilines is 1. The molecule has 0 unspecified atom stereocenters. The maximum Gasteiger partial charge on any atom is 0.318 e. The number of carbonyl (C=O) groups is 1. The van der Waals surface area contributed by atoms with Gasteiger partial charge < -0.3 is 15.1 Å². The number of piperazine rings is 1. The number of hydrogen-bond acceptors (Lipinski definition) is 4. The molecule has 4 rings (SSSR count). The molecule has 1 saturated heterocycles. The summed E-state index contributed by atoms with van der Waals surface area (Å²) in [6.07, 6.45) is 5.89. The standard InChI is InChI=1S/C19H23N5O/c25-19(22-17(16-7-8-16)15-5-2-1-3-6-15)24-13-11-23(12-14-24)18-20-9-4-10-21-18/h1-6,9-10,16-17H,7-8,11-14H2,(H,22,25)/t17-/m1/s1. The summed E-state index contributed by atoms with van der Waals surface area (Å²) < 4.78 is 0. The molecule has 1 saturated carbocycles. The molecule has 25 heavy (non-hydrogen) atoms. The van der Waals surface area contributed by atoms with Crippen molar-refractivity contribution in [3.63, 3.8) is 0 Å². The second kappa shape index (κ2) is 7.09. The Balaban J connectivity index is 1.36. The fraction of sp³-hybridized carbons (Fsp3) is 0.421. The van der Waals surface area contributed by atoms with Crippen molar-refractivity contribution < 1.29 is 4.79 Å². The number of hydrogen-bond donors (Lipinski definition) is 1. The number of rotatable bonds is 4. The third-order valence-corrected chi connectivity index (χ3v) is 4.93. The van der Waals surface area contributed by atoms with Crippen molar-refractivity contribution in [1.29, 1.82) is 0 Å². The zero-order chi connectivity index (χ0) is 17.1. The van der Waals surface area contributed by atoms with Gasteiger partial charge in [0.15, 0.2) is 0 Å². The first-order valence-electron chi connectivity index (χ1n) is 8.93. The summed E-state index contributed by atoms with van der Waals surface area (Å²) in [4.78, 5) is 25.3. The molecule has 1 aromatic carbocycles. The summed E-state index contributed by atoms with van der Waals surface area (Å²) in [6, 6.07) is 12.3. The van der Waals surface area contributed by atoms with Crippen molar-refractivity contribution in [2.24, 2.45) is 5.92 Å². The van der Waals surface area contributed by atoms with Crippen molar-refractivity contribution in [3.8, 4) is 0 Å². The quantitative estimate of drug-likeness (QED) is 0.931. The normalized spacial score (nSPS) is 18.7. The molecule has 2 fully saturated rings. The van der Waals surface area contributed by atoms with Crippen LogP contribution in [0.5, 0.6) is 0 Å². The Hall–Kier alpha value is -2.63. The molecule has 2 aromatic rings. The summed E-state index contributed by atoms with van der Waals surface area (Å²) >= 11 is 0. The smallest absolute Gasteiger partial charge is 0.318 e. The number of amides is 2. The van der Waals surface area contributed by atoms with Gasteiger partial charge in [-0.3, -0.25) is 0 Å². The van der Waals surface area contributed by atoms with Gasteiger partial charge in [-0.2, -0.15) is 0 Å². The van der Waals surface area contributed by atoms with Gasteiger partial charge in [-0.05, 0) is 30.4 Å². The lowest BCUT2D eigenvalue weighted by Crippen LogP contribution is -2.52. The third-order valence-electron chi connectivity index (χ3n) is 4.93. The highest BCUT2D eigenvalue weighted by Crippen LogP contribution is 2.41. The third kappa shape index (κ3) is 3.73. The van der Waals surface area contributed by atoms with Crippen molar-refractivity contribution in [2.45, 2.75) is 18.9 Å². The highest BCUT2D eigenvalue weighted by atomic mass is 16.2. The van der Waals surface area contributed by atoms with E-state index < -0.39 is 0 Å². The van der Waals surface area contributed by atoms with E-state index in [2.05, 4.69) is 32.3 Å².